The molecule has 0 bridgehead atoms. The number of nitrogens with one attached hydrogen (secondary N) is 1. The molecule has 1 saturated heterocycles. The fraction of sp³-hybridized carbons (Fsp3) is 0.483. The normalized spacial score (nSPS) is 17.4. The number of amides is 3. The molecular weight excluding hydrogens is 517 g/mol. The molecule has 2 aromatic rings. The summed E-state index contributed by atoms with van der Waals surface area (Å²) in [7, 11) is 3.11. The highest BCUT2D eigenvalue weighted by Gasteiger charge is 2.37. The zero-order valence-corrected chi connectivity index (χ0v) is 23.4. The largest absolute Gasteiger partial charge is 0.497 e. The molecule has 0 unspecified atom stereocenters. The lowest BCUT2D eigenvalue weighted by Crippen LogP contribution is -2.49. The average Bonchev–Trinajstić information content (AvgIpc) is 3.43. The van der Waals surface area contributed by atoms with Crippen LogP contribution in [0.15, 0.2) is 47.6 Å². The van der Waals surface area contributed by atoms with Crippen LogP contribution in [0.2, 0.25) is 0 Å². The molecule has 2 aromatic carbocycles. The molecule has 2 heterocycles. The highest BCUT2D eigenvalue weighted by molar-refractivity contribution is 6.03. The summed E-state index contributed by atoms with van der Waals surface area (Å²) >= 11 is 0. The van der Waals surface area contributed by atoms with Crippen LogP contribution < -0.4 is 14.8 Å². The van der Waals surface area contributed by atoms with Gasteiger partial charge < -0.3 is 24.4 Å². The Morgan fingerprint density at radius 2 is 1.93 bits per heavy atom. The number of hydrogen-bond donors (Lipinski definition) is 1. The van der Waals surface area contributed by atoms with Gasteiger partial charge in [-0.25, -0.2) is 14.2 Å². The van der Waals surface area contributed by atoms with Crippen LogP contribution in [0, 0.1) is 5.82 Å². The van der Waals surface area contributed by atoms with Crippen LogP contribution in [0.25, 0.3) is 0 Å². The van der Waals surface area contributed by atoms with Crippen molar-refractivity contribution in [2.75, 3.05) is 66.7 Å². The van der Waals surface area contributed by atoms with Crippen molar-refractivity contribution >= 4 is 17.6 Å². The Hall–Kier alpha value is -3.70. The number of nitrogens with zero attached hydrogens (tertiary/aromatic N) is 4. The van der Waals surface area contributed by atoms with Gasteiger partial charge in [-0.3, -0.25) is 9.69 Å². The number of rotatable bonds is 11. The molecule has 0 spiro atoms. The van der Waals surface area contributed by atoms with Crippen LogP contribution in [0.4, 0.5) is 9.18 Å². The van der Waals surface area contributed by atoms with Gasteiger partial charge in [0.15, 0.2) is 0 Å². The zero-order valence-electron chi connectivity index (χ0n) is 23.4. The quantitative estimate of drug-likeness (QED) is 0.457. The van der Waals surface area contributed by atoms with E-state index in [-0.39, 0.29) is 24.9 Å². The van der Waals surface area contributed by atoms with E-state index in [2.05, 4.69) is 15.3 Å². The third-order valence-corrected chi connectivity index (χ3v) is 7.08. The standard InChI is InChI=1S/C29H38FN5O5/c1-4-11-31-29(37)34(13-12-33-14-16-40-17-15-33)20-28(36)35-26(23-18-21(38-2)9-10-27(23)39-3)19-25(32-35)22-7-5-6-8-24(22)30/h5-10,18,26H,4,11-17,19-20H2,1-3H3,(H,31,37)/t26-/m0/s1. The summed E-state index contributed by atoms with van der Waals surface area (Å²) in [6.45, 7) is 6.12. The maximum absolute atomic E-state index is 14.8. The topological polar surface area (TPSA) is 95.9 Å². The molecule has 0 saturated carbocycles. The van der Waals surface area contributed by atoms with Gasteiger partial charge in [-0.15, -0.1) is 0 Å². The summed E-state index contributed by atoms with van der Waals surface area (Å²) in [6.07, 6.45) is 1.04. The summed E-state index contributed by atoms with van der Waals surface area (Å²) in [6, 6.07) is 10.8. The number of urea groups is 1. The van der Waals surface area contributed by atoms with Gasteiger partial charge in [0.1, 0.15) is 23.9 Å². The monoisotopic (exact) mass is 555 g/mol. The molecule has 0 aromatic heterocycles. The van der Waals surface area contributed by atoms with Crippen molar-refractivity contribution in [3.8, 4) is 11.5 Å². The van der Waals surface area contributed by atoms with E-state index < -0.39 is 11.9 Å². The van der Waals surface area contributed by atoms with Crippen molar-refractivity contribution in [3.05, 3.63) is 59.4 Å². The molecule has 11 heteroatoms. The van der Waals surface area contributed by atoms with Gasteiger partial charge in [-0.1, -0.05) is 25.1 Å². The molecule has 10 nitrogen and oxygen atoms in total. The maximum atomic E-state index is 14.8. The molecule has 0 radical (unpaired) electrons. The van der Waals surface area contributed by atoms with E-state index in [1.54, 1.807) is 50.6 Å². The van der Waals surface area contributed by atoms with E-state index in [1.165, 1.54) is 16.0 Å². The summed E-state index contributed by atoms with van der Waals surface area (Å²) in [5.41, 5.74) is 1.45. The van der Waals surface area contributed by atoms with Gasteiger partial charge in [0.05, 0.1) is 39.2 Å². The van der Waals surface area contributed by atoms with Crippen LogP contribution in [0.5, 0.6) is 11.5 Å². The van der Waals surface area contributed by atoms with Gasteiger partial charge in [0.25, 0.3) is 5.91 Å². The fourth-order valence-corrected chi connectivity index (χ4v) is 4.86. The number of carbonyl (C=O) groups excluding carboxylic acids is 2. The van der Waals surface area contributed by atoms with Crippen molar-refractivity contribution < 1.29 is 28.2 Å². The molecule has 2 aliphatic heterocycles. The Morgan fingerprint density at radius 1 is 1.15 bits per heavy atom. The van der Waals surface area contributed by atoms with Gasteiger partial charge in [-0.2, -0.15) is 5.10 Å². The molecule has 4 rings (SSSR count). The minimum absolute atomic E-state index is 0.184. The van der Waals surface area contributed by atoms with Crippen molar-refractivity contribution in [3.63, 3.8) is 0 Å². The lowest BCUT2D eigenvalue weighted by atomic mass is 9.97. The molecule has 1 fully saturated rings. The van der Waals surface area contributed by atoms with Crippen molar-refractivity contribution in [2.45, 2.75) is 25.8 Å². The molecule has 0 aliphatic carbocycles. The molecule has 216 valence electrons. The van der Waals surface area contributed by atoms with Gasteiger partial charge in [0, 0.05) is 50.3 Å². The summed E-state index contributed by atoms with van der Waals surface area (Å²) in [5.74, 6) is 0.347. The highest BCUT2D eigenvalue weighted by Crippen LogP contribution is 2.39. The average molecular weight is 556 g/mol. The first-order valence-electron chi connectivity index (χ1n) is 13.6. The number of carbonyl (C=O) groups is 2. The van der Waals surface area contributed by atoms with Crippen molar-refractivity contribution in [1.82, 2.24) is 20.1 Å². The first-order valence-corrected chi connectivity index (χ1v) is 13.6. The van der Waals surface area contributed by atoms with Crippen LogP contribution in [0.1, 0.15) is 36.9 Å². The Balaban J connectivity index is 1.63. The smallest absolute Gasteiger partial charge is 0.317 e. The summed E-state index contributed by atoms with van der Waals surface area (Å²) in [5, 5.41) is 8.85. The summed E-state index contributed by atoms with van der Waals surface area (Å²) < 4.78 is 31.2. The van der Waals surface area contributed by atoms with E-state index in [9.17, 15) is 14.0 Å². The van der Waals surface area contributed by atoms with E-state index in [4.69, 9.17) is 14.2 Å². The minimum atomic E-state index is -0.577. The molecule has 3 amide bonds. The SMILES string of the molecule is CCCNC(=O)N(CCN1CCOCC1)CC(=O)N1N=C(c2ccccc2F)C[C@H]1c1cc(OC)ccc1OC. The predicted octanol–water partition coefficient (Wildman–Crippen LogP) is 3.27. The number of ether oxygens (including phenoxy) is 3. The second-order valence-electron chi connectivity index (χ2n) is 9.70. The number of morpholine rings is 1. The first kappa shape index (κ1) is 29.3. The summed E-state index contributed by atoms with van der Waals surface area (Å²) in [4.78, 5) is 30.7. The van der Waals surface area contributed by atoms with E-state index in [0.29, 0.717) is 61.2 Å². The van der Waals surface area contributed by atoms with E-state index >= 15 is 0 Å². The minimum Gasteiger partial charge on any atom is -0.497 e. The van der Waals surface area contributed by atoms with Crippen LogP contribution in [0.3, 0.4) is 0 Å². The van der Waals surface area contributed by atoms with E-state index in [0.717, 1.165) is 19.5 Å². The lowest BCUT2D eigenvalue weighted by Gasteiger charge is -2.31. The molecular formula is C29H38FN5O5. The maximum Gasteiger partial charge on any atom is 0.317 e. The first-order chi connectivity index (χ1) is 19.4. The van der Waals surface area contributed by atoms with E-state index in [1.807, 2.05) is 6.92 Å². The Morgan fingerprint density at radius 3 is 2.62 bits per heavy atom. The molecule has 1 N–H and O–H groups in total. The van der Waals surface area contributed by atoms with Crippen molar-refractivity contribution in [2.24, 2.45) is 5.10 Å². The Kier molecular flexibility index (Phi) is 10.3. The van der Waals surface area contributed by atoms with Crippen LogP contribution in [-0.4, -0.2) is 99.2 Å². The third-order valence-electron chi connectivity index (χ3n) is 7.08. The number of benzene rings is 2. The number of halogens is 1. The number of hydrazone groups is 1. The van der Waals surface area contributed by atoms with Gasteiger partial charge in [0.2, 0.25) is 0 Å². The predicted molar refractivity (Wildman–Crippen MR) is 149 cm³/mol. The lowest BCUT2D eigenvalue weighted by molar-refractivity contribution is -0.133. The number of methoxy groups -OCH3 is 2. The second-order valence-corrected chi connectivity index (χ2v) is 9.70. The fourth-order valence-electron chi connectivity index (χ4n) is 4.86. The van der Waals surface area contributed by atoms with Gasteiger partial charge in [-0.05, 0) is 30.7 Å². The van der Waals surface area contributed by atoms with Gasteiger partial charge >= 0.3 is 6.03 Å². The third kappa shape index (κ3) is 7.08. The Labute approximate surface area is 234 Å². The molecule has 2 aliphatic rings. The van der Waals surface area contributed by atoms with Crippen molar-refractivity contribution in [1.29, 1.82) is 0 Å². The number of hydrogen-bond acceptors (Lipinski definition) is 7. The zero-order chi connectivity index (χ0) is 28.5. The molecule has 40 heavy (non-hydrogen) atoms. The highest BCUT2D eigenvalue weighted by atomic mass is 19.1. The second kappa shape index (κ2) is 14.1. The van der Waals surface area contributed by atoms with Crippen LogP contribution in [-0.2, 0) is 9.53 Å². The molecule has 1 atom stereocenters. The van der Waals surface area contributed by atoms with Crippen LogP contribution >= 0.6 is 0 Å². The Bertz CT molecular complexity index is 1200.